The first-order valence-electron chi connectivity index (χ1n) is 12.5. The lowest BCUT2D eigenvalue weighted by Crippen LogP contribution is -2.66. The Kier molecular flexibility index (Phi) is 8.33. The van der Waals surface area contributed by atoms with E-state index < -0.39 is 53.1 Å². The van der Waals surface area contributed by atoms with E-state index in [2.05, 4.69) is 10.3 Å². The second kappa shape index (κ2) is 10.3. The predicted octanol–water partition coefficient (Wildman–Crippen LogP) is 4.69. The van der Waals surface area contributed by atoms with Gasteiger partial charge in [-0.15, -0.1) is 0 Å². The monoisotopic (exact) mass is 547 g/mol. The fourth-order valence-electron chi connectivity index (χ4n) is 5.21. The van der Waals surface area contributed by atoms with Crippen molar-refractivity contribution in [3.8, 4) is 0 Å². The van der Waals surface area contributed by atoms with Gasteiger partial charge in [-0.25, -0.2) is 4.79 Å². The summed E-state index contributed by atoms with van der Waals surface area (Å²) in [6.07, 6.45) is -3.57. The van der Waals surface area contributed by atoms with E-state index in [9.17, 15) is 9.59 Å². The van der Waals surface area contributed by atoms with Crippen molar-refractivity contribution in [3.05, 3.63) is 22.7 Å². The maximum absolute atomic E-state index is 16.0. The molecule has 0 bridgehead atoms. The minimum absolute atomic E-state index is 0.0280. The summed E-state index contributed by atoms with van der Waals surface area (Å²) in [6.45, 7) is 17.1. The highest BCUT2D eigenvalue weighted by atomic mass is 28.5. The van der Waals surface area contributed by atoms with Gasteiger partial charge in [0, 0.05) is 13.1 Å². The smallest absolute Gasteiger partial charge is 0.351 e. The van der Waals surface area contributed by atoms with Gasteiger partial charge >= 0.3 is 28.7 Å². The molecular formula is C23H39F2N3O6Si2. The van der Waals surface area contributed by atoms with Crippen LogP contribution in [0.4, 0.5) is 14.6 Å². The molecule has 0 aliphatic carbocycles. The maximum Gasteiger partial charge on any atom is 0.351 e. The van der Waals surface area contributed by atoms with Crippen molar-refractivity contribution in [2.45, 2.75) is 109 Å². The molecule has 36 heavy (non-hydrogen) atoms. The zero-order valence-electron chi connectivity index (χ0n) is 22.5. The highest BCUT2D eigenvalue weighted by Gasteiger charge is 2.67. The number of ether oxygens (including phenoxy) is 1. The molecule has 3 heterocycles. The molecule has 2 aliphatic rings. The topological polar surface area (TPSA) is 101 Å². The van der Waals surface area contributed by atoms with Gasteiger partial charge in [-0.3, -0.25) is 9.36 Å². The Bertz CT molecular complexity index is 1000. The summed E-state index contributed by atoms with van der Waals surface area (Å²) in [6, 6.07) is 1.28. The number of hydrogen-bond acceptors (Lipinski definition) is 7. The lowest BCUT2D eigenvalue weighted by atomic mass is 10.1. The molecule has 1 amide bonds. The number of carbonyl (C=O) groups excluding carboxylic acids is 1. The molecule has 2 fully saturated rings. The Morgan fingerprint density at radius 2 is 1.64 bits per heavy atom. The third-order valence-electron chi connectivity index (χ3n) is 7.06. The van der Waals surface area contributed by atoms with Gasteiger partial charge in [-0.2, -0.15) is 13.8 Å². The number of anilines is 1. The number of rotatable bonds is 6. The van der Waals surface area contributed by atoms with Crippen molar-refractivity contribution >= 4 is 28.8 Å². The molecule has 0 radical (unpaired) electrons. The van der Waals surface area contributed by atoms with Gasteiger partial charge in [0.05, 0.1) is 6.61 Å². The molecule has 1 N–H and O–H groups in total. The summed E-state index contributed by atoms with van der Waals surface area (Å²) < 4.78 is 58.6. The van der Waals surface area contributed by atoms with Crippen molar-refractivity contribution < 1.29 is 31.3 Å². The molecule has 1 unspecified atom stereocenters. The Morgan fingerprint density at radius 3 is 2.11 bits per heavy atom. The van der Waals surface area contributed by atoms with Crippen LogP contribution in [-0.2, 0) is 22.5 Å². The standard InChI is InChI=1S/C23H39F2N3O6Si2/c1-13(2)35(14(3)4)31-12-18-20(33-36(34-35,15(5)6)16(7)8)23(24,25)21(32-18)28-11-10-19(26-17(9)29)27-22(28)30/h10-11,13-16,18,20-21H,12H2,1-9H3,(H,26,27,29,30)/t18-,20-,21?/m1/s1. The lowest BCUT2D eigenvalue weighted by Gasteiger charge is -2.51. The molecule has 2 aliphatic heterocycles. The van der Waals surface area contributed by atoms with E-state index in [1.54, 1.807) is 0 Å². The Labute approximate surface area is 213 Å². The fourth-order valence-corrected chi connectivity index (χ4v) is 16.4. The van der Waals surface area contributed by atoms with Crippen molar-refractivity contribution in [1.29, 1.82) is 0 Å². The number of fused-ring (bicyclic) bond motifs is 1. The maximum atomic E-state index is 16.0. The summed E-state index contributed by atoms with van der Waals surface area (Å²) in [5.74, 6) is -4.03. The van der Waals surface area contributed by atoms with Gasteiger partial charge in [0.1, 0.15) is 18.0 Å². The first kappa shape index (κ1) is 29.0. The van der Waals surface area contributed by atoms with Gasteiger partial charge in [0.2, 0.25) is 12.1 Å². The minimum atomic E-state index is -3.57. The van der Waals surface area contributed by atoms with Crippen LogP contribution in [-0.4, -0.2) is 57.3 Å². The van der Waals surface area contributed by atoms with Crippen molar-refractivity contribution in [3.63, 3.8) is 0 Å². The normalized spacial score (nSPS) is 27.2. The number of aromatic nitrogens is 2. The molecule has 13 heteroatoms. The van der Waals surface area contributed by atoms with Crippen LogP contribution in [0.25, 0.3) is 0 Å². The summed E-state index contributed by atoms with van der Waals surface area (Å²) in [5.41, 5.74) is -1.15. The zero-order chi connectivity index (χ0) is 27.2. The van der Waals surface area contributed by atoms with Crippen molar-refractivity contribution in [2.24, 2.45) is 0 Å². The number of amides is 1. The summed E-state index contributed by atoms with van der Waals surface area (Å²) >= 11 is 0. The molecule has 204 valence electrons. The van der Waals surface area contributed by atoms with Gasteiger partial charge in [0.15, 0.2) is 0 Å². The Balaban J connectivity index is 2.09. The number of nitrogens with zero attached hydrogens (tertiary/aromatic N) is 2. The summed E-state index contributed by atoms with van der Waals surface area (Å²) in [5, 5.41) is 2.37. The number of alkyl halides is 2. The van der Waals surface area contributed by atoms with E-state index in [4.69, 9.17) is 17.7 Å². The fraction of sp³-hybridized carbons (Fsp3) is 0.783. The van der Waals surface area contributed by atoms with E-state index in [1.165, 1.54) is 13.0 Å². The largest absolute Gasteiger partial charge is 0.414 e. The van der Waals surface area contributed by atoms with Crippen LogP contribution in [0.1, 0.15) is 68.5 Å². The highest BCUT2D eigenvalue weighted by Crippen LogP contribution is 2.52. The molecule has 0 spiro atoms. The number of carbonyl (C=O) groups is 1. The average molecular weight is 548 g/mol. The third kappa shape index (κ3) is 4.97. The molecule has 3 rings (SSSR count). The van der Waals surface area contributed by atoms with E-state index >= 15 is 8.78 Å². The van der Waals surface area contributed by atoms with Gasteiger partial charge in [-0.05, 0) is 28.2 Å². The first-order chi connectivity index (χ1) is 16.6. The van der Waals surface area contributed by atoms with Gasteiger partial charge < -0.3 is 23.0 Å². The first-order valence-corrected chi connectivity index (χ1v) is 16.4. The zero-order valence-corrected chi connectivity index (χ0v) is 24.5. The van der Waals surface area contributed by atoms with E-state index in [0.717, 1.165) is 10.8 Å². The quantitative estimate of drug-likeness (QED) is 0.516. The van der Waals surface area contributed by atoms with Crippen molar-refractivity contribution in [2.75, 3.05) is 11.9 Å². The van der Waals surface area contributed by atoms with Crippen molar-refractivity contribution in [1.82, 2.24) is 9.55 Å². The van der Waals surface area contributed by atoms with Crippen LogP contribution in [0.2, 0.25) is 22.2 Å². The molecule has 1 aromatic heterocycles. The molecule has 3 atom stereocenters. The molecular weight excluding hydrogens is 508 g/mol. The molecule has 1 aromatic rings. The lowest BCUT2D eigenvalue weighted by molar-refractivity contribution is -0.140. The molecule has 2 saturated heterocycles. The van der Waals surface area contributed by atoms with E-state index in [0.29, 0.717) is 0 Å². The Hall–Kier alpha value is -1.52. The van der Waals surface area contributed by atoms with Crippen LogP contribution < -0.4 is 11.0 Å². The van der Waals surface area contributed by atoms with Gasteiger partial charge in [-0.1, -0.05) is 55.4 Å². The van der Waals surface area contributed by atoms with E-state index in [1.807, 2.05) is 55.4 Å². The van der Waals surface area contributed by atoms with Crippen LogP contribution in [0.15, 0.2) is 17.1 Å². The highest BCUT2D eigenvalue weighted by molar-refractivity contribution is 6.84. The number of nitrogens with one attached hydrogen (secondary N) is 1. The van der Waals surface area contributed by atoms with Crippen LogP contribution in [0, 0.1) is 0 Å². The molecule has 0 saturated carbocycles. The summed E-state index contributed by atoms with van der Waals surface area (Å²) in [7, 11) is -6.23. The molecule has 9 nitrogen and oxygen atoms in total. The minimum Gasteiger partial charge on any atom is -0.414 e. The van der Waals surface area contributed by atoms with Gasteiger partial charge in [0.25, 0.3) is 0 Å². The predicted molar refractivity (Wildman–Crippen MR) is 135 cm³/mol. The SMILES string of the molecule is CC(=O)Nc1ccn(C2O[C@@H]3CO[Si](C(C)C)(C(C)C)O[Si](C(C)C)(C(C)C)O[C@H]3C2(F)F)c(=O)n1. The van der Waals surface area contributed by atoms with E-state index in [-0.39, 0.29) is 34.6 Å². The Morgan fingerprint density at radius 1 is 1.08 bits per heavy atom. The van der Waals surface area contributed by atoms with Crippen LogP contribution >= 0.6 is 0 Å². The average Bonchev–Trinajstić information content (AvgIpc) is 2.96. The second-order valence-corrected chi connectivity index (χ2v) is 19.7. The summed E-state index contributed by atoms with van der Waals surface area (Å²) in [4.78, 5) is 27.7. The van der Waals surface area contributed by atoms with Crippen LogP contribution in [0.3, 0.4) is 0 Å². The molecule has 0 aromatic carbocycles. The second-order valence-electron chi connectivity index (χ2n) is 10.9. The van der Waals surface area contributed by atoms with Crippen LogP contribution in [0.5, 0.6) is 0 Å². The third-order valence-corrected chi connectivity index (χ3v) is 17.3. The number of hydrogen-bond donors (Lipinski definition) is 1. The number of halogens is 2.